The molecule has 1 aliphatic carbocycles. The lowest BCUT2D eigenvalue weighted by Gasteiger charge is -2.36. The summed E-state index contributed by atoms with van der Waals surface area (Å²) in [5.41, 5.74) is 2.69. The van der Waals surface area contributed by atoms with Gasteiger partial charge in [-0.2, -0.15) is 5.26 Å². The summed E-state index contributed by atoms with van der Waals surface area (Å²) in [6.45, 7) is 2.69. The zero-order chi connectivity index (χ0) is 21.5. The van der Waals surface area contributed by atoms with E-state index in [-0.39, 0.29) is 0 Å². The van der Waals surface area contributed by atoms with Gasteiger partial charge in [0, 0.05) is 37.4 Å². The average Bonchev–Trinajstić information content (AvgIpc) is 2.85. The molecule has 162 valence electrons. The van der Waals surface area contributed by atoms with Gasteiger partial charge in [-0.3, -0.25) is 4.79 Å². The topological polar surface area (TPSA) is 60.2 Å². The molecular weight excluding hydrogens is 384 g/mol. The van der Waals surface area contributed by atoms with Crippen LogP contribution in [0, 0.1) is 17.2 Å². The lowest BCUT2D eigenvalue weighted by Crippen LogP contribution is -2.40. The van der Waals surface area contributed by atoms with E-state index in [1.807, 2.05) is 47.5 Å². The predicted octanol–water partition coefficient (Wildman–Crippen LogP) is 5.02. The van der Waals surface area contributed by atoms with Gasteiger partial charge in [0.25, 0.3) is 0 Å². The highest BCUT2D eigenvalue weighted by atomic mass is 16.1. The van der Waals surface area contributed by atoms with Crippen LogP contribution in [0.5, 0.6) is 0 Å². The van der Waals surface area contributed by atoms with Crippen molar-refractivity contribution >= 4 is 12.2 Å². The molecule has 2 aliphatic rings. The van der Waals surface area contributed by atoms with Gasteiger partial charge < -0.3 is 9.80 Å². The van der Waals surface area contributed by atoms with Gasteiger partial charge in [-0.15, -0.1) is 0 Å². The number of piperidine rings is 1. The van der Waals surface area contributed by atoms with Gasteiger partial charge in [-0.05, 0) is 49.7 Å². The molecule has 2 heterocycles. The number of rotatable bonds is 7. The maximum atomic E-state index is 11.7. The smallest absolute Gasteiger partial charge is 0.209 e. The zero-order valence-corrected chi connectivity index (χ0v) is 18.2. The van der Waals surface area contributed by atoms with Crippen LogP contribution < -0.4 is 4.90 Å². The Morgan fingerprint density at radius 1 is 1.10 bits per heavy atom. The standard InChI is InChI=1S/C26H32N4O/c27-17-23-16-24(22-9-3-1-4-10-22)18-28-26(23)29-14-7-8-21(19-29)13-15-30(20-31)25-11-5-2-6-12-25/h1,3-4,9-10,16,18,20-21,25H,2,5-8,11-15,19H2. The van der Waals surface area contributed by atoms with Crippen LogP contribution in [-0.2, 0) is 4.79 Å². The van der Waals surface area contributed by atoms with Crippen LogP contribution in [0.2, 0.25) is 0 Å². The Balaban J connectivity index is 1.41. The van der Waals surface area contributed by atoms with Crippen molar-refractivity contribution in [1.82, 2.24) is 9.88 Å². The molecule has 1 saturated carbocycles. The number of benzene rings is 1. The summed E-state index contributed by atoms with van der Waals surface area (Å²) in [6, 6.07) is 14.8. The third-order valence-corrected chi connectivity index (χ3v) is 6.89. The summed E-state index contributed by atoms with van der Waals surface area (Å²) < 4.78 is 0. The van der Waals surface area contributed by atoms with Crippen molar-refractivity contribution < 1.29 is 4.79 Å². The van der Waals surface area contributed by atoms with Gasteiger partial charge in [-0.25, -0.2) is 4.98 Å². The van der Waals surface area contributed by atoms with Crippen LogP contribution in [0.25, 0.3) is 11.1 Å². The Labute approximate surface area is 185 Å². The van der Waals surface area contributed by atoms with E-state index in [0.29, 0.717) is 17.5 Å². The molecule has 2 fully saturated rings. The molecule has 1 amide bonds. The first-order chi connectivity index (χ1) is 15.3. The molecule has 1 aliphatic heterocycles. The number of nitriles is 1. The number of hydrogen-bond acceptors (Lipinski definition) is 4. The lowest BCUT2D eigenvalue weighted by atomic mass is 9.92. The number of nitrogens with zero attached hydrogens (tertiary/aromatic N) is 4. The molecular formula is C26H32N4O. The predicted molar refractivity (Wildman–Crippen MR) is 124 cm³/mol. The van der Waals surface area contributed by atoms with Crippen molar-refractivity contribution in [3.05, 3.63) is 48.2 Å². The summed E-state index contributed by atoms with van der Waals surface area (Å²) in [4.78, 5) is 20.7. The van der Waals surface area contributed by atoms with E-state index < -0.39 is 0 Å². The van der Waals surface area contributed by atoms with Crippen LogP contribution in [0.3, 0.4) is 0 Å². The molecule has 5 nitrogen and oxygen atoms in total. The monoisotopic (exact) mass is 416 g/mol. The lowest BCUT2D eigenvalue weighted by molar-refractivity contribution is -0.121. The average molecular weight is 417 g/mol. The second-order valence-corrected chi connectivity index (χ2v) is 8.95. The Bertz CT molecular complexity index is 901. The van der Waals surface area contributed by atoms with Gasteiger partial charge >= 0.3 is 0 Å². The molecule has 4 rings (SSSR count). The first-order valence-electron chi connectivity index (χ1n) is 11.7. The highest BCUT2D eigenvalue weighted by Gasteiger charge is 2.25. The first-order valence-corrected chi connectivity index (χ1v) is 11.7. The first kappa shape index (κ1) is 21.4. The van der Waals surface area contributed by atoms with Crippen molar-refractivity contribution in [3.63, 3.8) is 0 Å². The molecule has 1 atom stereocenters. The minimum Gasteiger partial charge on any atom is -0.355 e. The van der Waals surface area contributed by atoms with Gasteiger partial charge in [0.2, 0.25) is 6.41 Å². The number of aromatic nitrogens is 1. The summed E-state index contributed by atoms with van der Waals surface area (Å²) in [5, 5.41) is 9.78. The molecule has 1 aromatic carbocycles. The van der Waals surface area contributed by atoms with Gasteiger partial charge in [0.15, 0.2) is 0 Å². The molecule has 1 aromatic heterocycles. The SMILES string of the molecule is N#Cc1cc(-c2ccccc2)cnc1N1CCCC(CCN(C=O)C2CCCCC2)C1. The van der Waals surface area contributed by atoms with E-state index in [1.165, 1.54) is 25.7 Å². The van der Waals surface area contributed by atoms with E-state index >= 15 is 0 Å². The third kappa shape index (κ3) is 5.25. The van der Waals surface area contributed by atoms with E-state index in [9.17, 15) is 10.1 Å². The highest BCUT2D eigenvalue weighted by Crippen LogP contribution is 2.30. The fraction of sp³-hybridized carbons (Fsp3) is 0.500. The van der Waals surface area contributed by atoms with Crippen molar-refractivity contribution in [2.75, 3.05) is 24.5 Å². The van der Waals surface area contributed by atoms with Crippen LogP contribution >= 0.6 is 0 Å². The molecule has 5 heteroatoms. The van der Waals surface area contributed by atoms with Gasteiger partial charge in [0.05, 0.1) is 5.56 Å². The van der Waals surface area contributed by atoms with Gasteiger partial charge in [0.1, 0.15) is 11.9 Å². The van der Waals surface area contributed by atoms with E-state index in [1.54, 1.807) is 0 Å². The molecule has 1 saturated heterocycles. The van der Waals surface area contributed by atoms with Crippen molar-refractivity contribution in [3.8, 4) is 17.2 Å². The quantitative estimate of drug-likeness (QED) is 0.595. The molecule has 2 aromatic rings. The minimum absolute atomic E-state index is 0.434. The van der Waals surface area contributed by atoms with Crippen LogP contribution in [-0.4, -0.2) is 42.0 Å². The summed E-state index contributed by atoms with van der Waals surface area (Å²) in [7, 11) is 0. The van der Waals surface area contributed by atoms with E-state index in [4.69, 9.17) is 4.98 Å². The highest BCUT2D eigenvalue weighted by molar-refractivity contribution is 5.68. The molecule has 1 unspecified atom stereocenters. The molecule has 0 N–H and O–H groups in total. The molecule has 0 bridgehead atoms. The van der Waals surface area contributed by atoms with Crippen molar-refractivity contribution in [1.29, 1.82) is 5.26 Å². The summed E-state index contributed by atoms with van der Waals surface area (Å²) in [5.74, 6) is 1.33. The third-order valence-electron chi connectivity index (χ3n) is 6.89. The molecule has 31 heavy (non-hydrogen) atoms. The number of hydrogen-bond donors (Lipinski definition) is 0. The summed E-state index contributed by atoms with van der Waals surface area (Å²) >= 11 is 0. The fourth-order valence-corrected chi connectivity index (χ4v) is 5.14. The van der Waals surface area contributed by atoms with Gasteiger partial charge in [-0.1, -0.05) is 49.6 Å². The van der Waals surface area contributed by atoms with Crippen molar-refractivity contribution in [2.45, 2.75) is 57.4 Å². The number of carbonyl (C=O) groups is 1. The van der Waals surface area contributed by atoms with Crippen molar-refractivity contribution in [2.24, 2.45) is 5.92 Å². The number of anilines is 1. The van der Waals surface area contributed by atoms with E-state index in [0.717, 1.165) is 68.7 Å². The normalized spacial score (nSPS) is 19.6. The minimum atomic E-state index is 0.434. The van der Waals surface area contributed by atoms with E-state index in [2.05, 4.69) is 11.0 Å². The molecule has 0 radical (unpaired) electrons. The second kappa shape index (κ2) is 10.4. The Kier molecular flexibility index (Phi) is 7.19. The number of carbonyl (C=O) groups excluding carboxylic acids is 1. The summed E-state index contributed by atoms with van der Waals surface area (Å²) in [6.07, 6.45) is 12.3. The zero-order valence-electron chi connectivity index (χ0n) is 18.2. The fourth-order valence-electron chi connectivity index (χ4n) is 5.14. The Morgan fingerprint density at radius 3 is 2.65 bits per heavy atom. The second-order valence-electron chi connectivity index (χ2n) is 8.95. The Hall–Kier alpha value is -2.87. The number of amides is 1. The maximum absolute atomic E-state index is 11.7. The largest absolute Gasteiger partial charge is 0.355 e. The van der Waals surface area contributed by atoms with Crippen LogP contribution in [0.1, 0.15) is 56.9 Å². The number of pyridine rings is 1. The van der Waals surface area contributed by atoms with Crippen LogP contribution in [0.15, 0.2) is 42.6 Å². The van der Waals surface area contributed by atoms with Crippen LogP contribution in [0.4, 0.5) is 5.82 Å². The maximum Gasteiger partial charge on any atom is 0.209 e. The Morgan fingerprint density at radius 2 is 1.90 bits per heavy atom. The molecule has 0 spiro atoms.